The lowest BCUT2D eigenvalue weighted by atomic mass is 9.95. The summed E-state index contributed by atoms with van der Waals surface area (Å²) in [4.78, 5) is 0. The van der Waals surface area contributed by atoms with Gasteiger partial charge in [-0.3, -0.25) is 0 Å². The highest BCUT2D eigenvalue weighted by molar-refractivity contribution is 6.11. The summed E-state index contributed by atoms with van der Waals surface area (Å²) < 4.78 is 19.1. The molecule has 0 spiro atoms. The Bertz CT molecular complexity index is 1080. The first-order valence-corrected chi connectivity index (χ1v) is 8.71. The Balaban J connectivity index is 2.11. The maximum atomic E-state index is 6.18. The minimum atomic E-state index is 0.233. The molecule has 0 saturated carbocycles. The molecule has 3 aromatic rings. The van der Waals surface area contributed by atoms with Gasteiger partial charge in [0.1, 0.15) is 24.3 Å². The number of fused-ring (bicyclic) bond motifs is 2. The van der Waals surface area contributed by atoms with E-state index in [2.05, 4.69) is 35.9 Å². The monoisotopic (exact) mass is 348 g/mol. The Morgan fingerprint density at radius 2 is 1.92 bits per heavy atom. The van der Waals surface area contributed by atoms with Gasteiger partial charge in [0.05, 0.1) is 22.4 Å². The van der Waals surface area contributed by atoms with Gasteiger partial charge < -0.3 is 14.2 Å². The Morgan fingerprint density at radius 1 is 1.08 bits per heavy atom. The summed E-state index contributed by atoms with van der Waals surface area (Å²) in [5.41, 5.74) is 3.37. The Morgan fingerprint density at radius 3 is 2.65 bits per heavy atom. The van der Waals surface area contributed by atoms with Crippen LogP contribution in [0.1, 0.15) is 19.5 Å². The maximum absolute atomic E-state index is 6.18. The molecular weight excluding hydrogens is 326 g/mol. The molecule has 1 aliphatic rings. The number of rotatable bonds is 3. The van der Waals surface area contributed by atoms with Crippen LogP contribution in [0.5, 0.6) is 11.5 Å². The van der Waals surface area contributed by atoms with E-state index in [1.165, 1.54) is 10.8 Å². The fraction of sp³-hybridized carbons (Fsp3) is 0.227. The van der Waals surface area contributed by atoms with Crippen molar-refractivity contribution in [3.8, 4) is 11.5 Å². The van der Waals surface area contributed by atoms with Crippen molar-refractivity contribution >= 4 is 27.2 Å². The Kier molecular flexibility index (Phi) is 4.13. The number of ether oxygens (including phenoxy) is 3. The molecule has 1 aliphatic heterocycles. The van der Waals surface area contributed by atoms with E-state index >= 15 is 0 Å². The molecule has 4 heteroatoms. The summed E-state index contributed by atoms with van der Waals surface area (Å²) >= 11 is 0. The van der Waals surface area contributed by atoms with E-state index in [-0.39, 0.29) is 6.79 Å². The number of allylic oxidation sites excluding steroid dienone is 3. The molecule has 0 radical (unpaired) electrons. The van der Waals surface area contributed by atoms with Gasteiger partial charge in [0, 0.05) is 12.5 Å². The lowest BCUT2D eigenvalue weighted by Crippen LogP contribution is -2.36. The van der Waals surface area contributed by atoms with Gasteiger partial charge in [-0.05, 0) is 38.1 Å². The van der Waals surface area contributed by atoms with Crippen LogP contribution in [0.25, 0.3) is 27.2 Å². The van der Waals surface area contributed by atoms with Crippen molar-refractivity contribution in [1.82, 2.24) is 0 Å². The van der Waals surface area contributed by atoms with Gasteiger partial charge in [-0.15, -0.1) is 0 Å². The third-order valence-electron chi connectivity index (χ3n) is 4.85. The van der Waals surface area contributed by atoms with Crippen LogP contribution in [-0.2, 0) is 11.8 Å². The predicted molar refractivity (Wildman–Crippen MR) is 103 cm³/mol. The topological polar surface area (TPSA) is 31.6 Å². The largest absolute Gasteiger partial charge is 0.467 e. The van der Waals surface area contributed by atoms with E-state index in [1.54, 1.807) is 7.11 Å². The standard InChI is InChI=1S/C22H22NO3/c1-5-15-19(6-2)26-20-9-7-8-17-16-11-10-14(25-13-24-4)12-18(16)23(3)22(15)21(17)20/h5-12H,13H2,1-4H3/q+1. The highest BCUT2D eigenvalue weighted by Crippen LogP contribution is 2.42. The first-order valence-electron chi connectivity index (χ1n) is 8.71. The summed E-state index contributed by atoms with van der Waals surface area (Å²) in [6.07, 6.45) is 4.12. The fourth-order valence-corrected chi connectivity index (χ4v) is 3.71. The number of hydrogen-bond acceptors (Lipinski definition) is 3. The number of methoxy groups -OCH3 is 1. The third-order valence-corrected chi connectivity index (χ3v) is 4.85. The summed E-state index contributed by atoms with van der Waals surface area (Å²) in [5.74, 6) is 2.57. The second-order valence-electron chi connectivity index (χ2n) is 6.27. The number of aryl methyl sites for hydroxylation is 1. The van der Waals surface area contributed by atoms with Crippen LogP contribution < -0.4 is 14.0 Å². The summed E-state index contributed by atoms with van der Waals surface area (Å²) in [7, 11) is 3.72. The molecule has 0 fully saturated rings. The Hall–Kier alpha value is -2.85. The second kappa shape index (κ2) is 6.46. The molecule has 4 nitrogen and oxygen atoms in total. The van der Waals surface area contributed by atoms with Crippen molar-refractivity contribution in [2.45, 2.75) is 13.8 Å². The van der Waals surface area contributed by atoms with E-state index in [4.69, 9.17) is 14.2 Å². The lowest BCUT2D eigenvalue weighted by molar-refractivity contribution is -0.646. The summed E-state index contributed by atoms with van der Waals surface area (Å²) in [5, 5.41) is 3.49. The lowest BCUT2D eigenvalue weighted by Gasteiger charge is -2.22. The van der Waals surface area contributed by atoms with Crippen LogP contribution in [0.2, 0.25) is 0 Å². The number of hydrogen-bond donors (Lipinski definition) is 0. The van der Waals surface area contributed by atoms with Crippen LogP contribution in [0.3, 0.4) is 0 Å². The number of nitrogens with zero attached hydrogens (tertiary/aromatic N) is 1. The summed E-state index contributed by atoms with van der Waals surface area (Å²) in [6.45, 7) is 4.28. The minimum Gasteiger partial charge on any atom is -0.467 e. The predicted octanol–water partition coefficient (Wildman–Crippen LogP) is 4.50. The van der Waals surface area contributed by atoms with Crippen LogP contribution in [0.4, 0.5) is 0 Å². The van der Waals surface area contributed by atoms with Crippen molar-refractivity contribution in [1.29, 1.82) is 0 Å². The fourth-order valence-electron chi connectivity index (χ4n) is 3.71. The van der Waals surface area contributed by atoms with Gasteiger partial charge in [0.2, 0.25) is 11.2 Å². The molecule has 0 bridgehead atoms. The quantitative estimate of drug-likeness (QED) is 0.397. The zero-order chi connectivity index (χ0) is 18.3. The van der Waals surface area contributed by atoms with Crippen LogP contribution in [0.15, 0.2) is 54.3 Å². The molecule has 0 N–H and O–H groups in total. The van der Waals surface area contributed by atoms with Crippen molar-refractivity contribution < 1.29 is 18.8 Å². The highest BCUT2D eigenvalue weighted by Gasteiger charge is 2.31. The van der Waals surface area contributed by atoms with Crippen molar-refractivity contribution in [3.63, 3.8) is 0 Å². The molecule has 0 unspecified atom stereocenters. The molecule has 0 amide bonds. The average molecular weight is 348 g/mol. The SMILES string of the molecule is CC=C1Oc2cccc3c2c([n+](C)c2cc(OCOC)ccc32)C1=CC. The van der Waals surface area contributed by atoms with Gasteiger partial charge >= 0.3 is 0 Å². The normalized spacial score (nSPS) is 16.5. The van der Waals surface area contributed by atoms with E-state index < -0.39 is 0 Å². The maximum Gasteiger partial charge on any atom is 0.227 e. The number of benzene rings is 2. The van der Waals surface area contributed by atoms with E-state index in [0.717, 1.165) is 39.4 Å². The van der Waals surface area contributed by atoms with Crippen molar-refractivity contribution in [3.05, 3.63) is 60.0 Å². The average Bonchev–Trinajstić information content (AvgIpc) is 2.69. The third kappa shape index (κ3) is 2.37. The molecule has 1 aromatic heterocycles. The first-order chi connectivity index (χ1) is 12.7. The smallest absolute Gasteiger partial charge is 0.227 e. The van der Waals surface area contributed by atoms with Gasteiger partial charge in [0.15, 0.2) is 6.79 Å². The molecule has 0 aliphatic carbocycles. The molecule has 4 rings (SSSR count). The van der Waals surface area contributed by atoms with Gasteiger partial charge in [0.25, 0.3) is 0 Å². The molecule has 2 heterocycles. The number of aromatic nitrogens is 1. The van der Waals surface area contributed by atoms with E-state index in [9.17, 15) is 0 Å². The second-order valence-corrected chi connectivity index (χ2v) is 6.27. The van der Waals surface area contributed by atoms with Crippen LogP contribution in [0, 0.1) is 0 Å². The summed E-state index contributed by atoms with van der Waals surface area (Å²) in [6, 6.07) is 12.4. The Labute approximate surface area is 152 Å². The van der Waals surface area contributed by atoms with Crippen LogP contribution in [-0.4, -0.2) is 13.9 Å². The zero-order valence-corrected chi connectivity index (χ0v) is 15.5. The van der Waals surface area contributed by atoms with Crippen molar-refractivity contribution in [2.24, 2.45) is 7.05 Å². The van der Waals surface area contributed by atoms with E-state index in [1.807, 2.05) is 38.1 Å². The van der Waals surface area contributed by atoms with Gasteiger partial charge in [-0.25, -0.2) is 0 Å². The zero-order valence-electron chi connectivity index (χ0n) is 15.5. The first kappa shape index (κ1) is 16.6. The molecular formula is C22H22NO3+. The van der Waals surface area contributed by atoms with E-state index in [0.29, 0.717) is 0 Å². The molecule has 0 atom stereocenters. The van der Waals surface area contributed by atoms with Crippen molar-refractivity contribution in [2.75, 3.05) is 13.9 Å². The molecule has 2 aromatic carbocycles. The van der Waals surface area contributed by atoms with Crippen LogP contribution >= 0.6 is 0 Å². The molecule has 26 heavy (non-hydrogen) atoms. The molecule has 132 valence electrons. The minimum absolute atomic E-state index is 0.233. The van der Waals surface area contributed by atoms with Gasteiger partial charge in [-0.1, -0.05) is 18.2 Å². The molecule has 0 saturated heterocycles. The van der Waals surface area contributed by atoms with Gasteiger partial charge in [-0.2, -0.15) is 4.57 Å². The number of pyridine rings is 1. The highest BCUT2D eigenvalue weighted by atomic mass is 16.7.